The van der Waals surface area contributed by atoms with Gasteiger partial charge in [0.15, 0.2) is 0 Å². The highest BCUT2D eigenvalue weighted by molar-refractivity contribution is 6.33. The molecule has 1 N–H and O–H groups in total. The SMILES string of the molecule is Cc1nn(C)c(-c2c(F)cccc2Cl)c1C(O)c1ccc(F)cc1Cl. The third-order valence-corrected chi connectivity index (χ3v) is 4.64. The first-order valence-corrected chi connectivity index (χ1v) is 8.17. The maximum atomic E-state index is 14.4. The molecule has 3 nitrogen and oxygen atoms in total. The van der Waals surface area contributed by atoms with Gasteiger partial charge in [0.2, 0.25) is 0 Å². The summed E-state index contributed by atoms with van der Waals surface area (Å²) in [5.74, 6) is -1.05. The second-order valence-corrected chi connectivity index (χ2v) is 6.45. The number of benzene rings is 2. The van der Waals surface area contributed by atoms with E-state index < -0.39 is 17.7 Å². The monoisotopic (exact) mass is 382 g/mol. The summed E-state index contributed by atoms with van der Waals surface area (Å²) in [6, 6.07) is 8.04. The average molecular weight is 383 g/mol. The van der Waals surface area contributed by atoms with E-state index in [9.17, 15) is 13.9 Å². The van der Waals surface area contributed by atoms with Gasteiger partial charge in [-0.3, -0.25) is 4.68 Å². The van der Waals surface area contributed by atoms with E-state index in [1.54, 1.807) is 20.0 Å². The molecule has 2 aromatic carbocycles. The van der Waals surface area contributed by atoms with Crippen LogP contribution in [0.3, 0.4) is 0 Å². The van der Waals surface area contributed by atoms with Gasteiger partial charge in [-0.05, 0) is 31.2 Å². The number of aliphatic hydroxyl groups is 1. The van der Waals surface area contributed by atoms with Crippen molar-refractivity contribution in [1.82, 2.24) is 9.78 Å². The van der Waals surface area contributed by atoms with Gasteiger partial charge in [-0.2, -0.15) is 5.10 Å². The highest BCUT2D eigenvalue weighted by atomic mass is 35.5. The largest absolute Gasteiger partial charge is 0.383 e. The molecule has 130 valence electrons. The Balaban J connectivity index is 2.24. The van der Waals surface area contributed by atoms with E-state index in [-0.39, 0.29) is 15.6 Å². The number of hydrogen-bond acceptors (Lipinski definition) is 2. The fraction of sp³-hybridized carbons (Fsp3) is 0.167. The Morgan fingerprint density at radius 3 is 2.48 bits per heavy atom. The van der Waals surface area contributed by atoms with Crippen molar-refractivity contribution in [2.75, 3.05) is 0 Å². The molecule has 0 aliphatic rings. The zero-order chi connectivity index (χ0) is 18.3. The predicted octanol–water partition coefficient (Wildman–Crippen LogP) is 5.06. The molecule has 0 saturated heterocycles. The molecule has 0 radical (unpaired) electrons. The smallest absolute Gasteiger partial charge is 0.134 e. The summed E-state index contributed by atoms with van der Waals surface area (Å²) in [4.78, 5) is 0. The molecule has 0 saturated carbocycles. The summed E-state index contributed by atoms with van der Waals surface area (Å²) < 4.78 is 29.2. The third kappa shape index (κ3) is 3.15. The second-order valence-electron chi connectivity index (χ2n) is 5.64. The van der Waals surface area contributed by atoms with Crippen molar-refractivity contribution in [1.29, 1.82) is 0 Å². The zero-order valence-corrected chi connectivity index (χ0v) is 14.9. The number of nitrogens with zero attached hydrogens (tertiary/aromatic N) is 2. The molecule has 1 aromatic heterocycles. The van der Waals surface area contributed by atoms with Crippen LogP contribution in [0.4, 0.5) is 8.78 Å². The minimum absolute atomic E-state index is 0.0707. The Kier molecular flexibility index (Phi) is 4.82. The van der Waals surface area contributed by atoms with Gasteiger partial charge < -0.3 is 5.11 Å². The van der Waals surface area contributed by atoms with Crippen LogP contribution in [-0.4, -0.2) is 14.9 Å². The molecular formula is C18H14Cl2F2N2O. The summed E-state index contributed by atoms with van der Waals surface area (Å²) in [6.45, 7) is 1.69. The van der Waals surface area contributed by atoms with Crippen LogP contribution in [0, 0.1) is 18.6 Å². The molecule has 7 heteroatoms. The lowest BCUT2D eigenvalue weighted by Crippen LogP contribution is -2.05. The molecule has 0 aliphatic heterocycles. The molecule has 25 heavy (non-hydrogen) atoms. The van der Waals surface area contributed by atoms with Crippen LogP contribution in [0.1, 0.15) is 22.9 Å². The van der Waals surface area contributed by atoms with Crippen LogP contribution in [-0.2, 0) is 7.05 Å². The molecule has 0 amide bonds. The van der Waals surface area contributed by atoms with Gasteiger partial charge in [0.25, 0.3) is 0 Å². The van der Waals surface area contributed by atoms with E-state index in [1.807, 2.05) is 0 Å². The molecule has 0 fully saturated rings. The second kappa shape index (κ2) is 6.75. The van der Waals surface area contributed by atoms with Crippen LogP contribution in [0.5, 0.6) is 0 Å². The lowest BCUT2D eigenvalue weighted by molar-refractivity contribution is 0.220. The fourth-order valence-corrected chi connectivity index (χ4v) is 3.42. The van der Waals surface area contributed by atoms with E-state index >= 15 is 0 Å². The van der Waals surface area contributed by atoms with Crippen molar-refractivity contribution in [2.24, 2.45) is 7.05 Å². The Bertz CT molecular complexity index is 936. The van der Waals surface area contributed by atoms with Gasteiger partial charge in [0.1, 0.15) is 17.7 Å². The molecule has 1 atom stereocenters. The molecule has 3 aromatic rings. The van der Waals surface area contributed by atoms with Gasteiger partial charge in [-0.1, -0.05) is 35.3 Å². The van der Waals surface area contributed by atoms with Crippen molar-refractivity contribution in [3.63, 3.8) is 0 Å². The van der Waals surface area contributed by atoms with Crippen LogP contribution < -0.4 is 0 Å². The first kappa shape index (κ1) is 17.9. The Morgan fingerprint density at radius 1 is 1.12 bits per heavy atom. The topological polar surface area (TPSA) is 38.0 Å². The number of aliphatic hydroxyl groups excluding tert-OH is 1. The van der Waals surface area contributed by atoms with Crippen molar-refractivity contribution in [3.8, 4) is 11.3 Å². The molecule has 3 rings (SSSR count). The maximum absolute atomic E-state index is 14.4. The number of halogens is 4. The Hall–Kier alpha value is -1.95. The van der Waals surface area contributed by atoms with E-state index in [2.05, 4.69) is 5.10 Å². The van der Waals surface area contributed by atoms with Gasteiger partial charge in [0, 0.05) is 23.2 Å². The minimum atomic E-state index is -1.22. The van der Waals surface area contributed by atoms with Gasteiger partial charge in [-0.25, -0.2) is 8.78 Å². The first-order chi connectivity index (χ1) is 11.8. The third-order valence-electron chi connectivity index (χ3n) is 4.00. The lowest BCUT2D eigenvalue weighted by Gasteiger charge is -2.16. The number of hydrogen-bond donors (Lipinski definition) is 1. The number of rotatable bonds is 3. The fourth-order valence-electron chi connectivity index (χ4n) is 2.90. The van der Waals surface area contributed by atoms with Crippen molar-refractivity contribution in [2.45, 2.75) is 13.0 Å². The quantitative estimate of drug-likeness (QED) is 0.687. The molecule has 1 unspecified atom stereocenters. The van der Waals surface area contributed by atoms with Crippen LogP contribution >= 0.6 is 23.2 Å². The summed E-state index contributed by atoms with van der Waals surface area (Å²) in [5, 5.41) is 15.4. The van der Waals surface area contributed by atoms with E-state index in [0.29, 0.717) is 22.5 Å². The predicted molar refractivity (Wildman–Crippen MR) is 93.8 cm³/mol. The molecule has 0 bridgehead atoms. The van der Waals surface area contributed by atoms with E-state index in [1.165, 1.54) is 28.9 Å². The van der Waals surface area contributed by atoms with Crippen LogP contribution in [0.15, 0.2) is 36.4 Å². The Morgan fingerprint density at radius 2 is 1.84 bits per heavy atom. The van der Waals surface area contributed by atoms with Crippen molar-refractivity contribution in [3.05, 3.63) is 74.9 Å². The van der Waals surface area contributed by atoms with Crippen molar-refractivity contribution >= 4 is 23.2 Å². The highest BCUT2D eigenvalue weighted by Crippen LogP contribution is 2.40. The van der Waals surface area contributed by atoms with Crippen LogP contribution in [0.25, 0.3) is 11.3 Å². The normalized spacial score (nSPS) is 12.4. The van der Waals surface area contributed by atoms with Gasteiger partial charge in [0.05, 0.1) is 22.0 Å². The maximum Gasteiger partial charge on any atom is 0.134 e. The Labute approximate surface area is 153 Å². The first-order valence-electron chi connectivity index (χ1n) is 7.42. The number of aryl methyl sites for hydroxylation is 2. The summed E-state index contributed by atoms with van der Waals surface area (Å²) >= 11 is 12.2. The standard InChI is InChI=1S/C18H14Cl2F2N2O/c1-9-15(18(25)11-7-6-10(21)8-13(11)20)17(24(2)23-9)16-12(19)4-3-5-14(16)22/h3-8,18,25H,1-2H3. The minimum Gasteiger partial charge on any atom is -0.383 e. The van der Waals surface area contributed by atoms with Gasteiger partial charge in [-0.15, -0.1) is 0 Å². The van der Waals surface area contributed by atoms with Crippen LogP contribution in [0.2, 0.25) is 10.0 Å². The number of aromatic nitrogens is 2. The van der Waals surface area contributed by atoms with E-state index in [0.717, 1.165) is 6.07 Å². The summed E-state index contributed by atoms with van der Waals surface area (Å²) in [6.07, 6.45) is -1.22. The van der Waals surface area contributed by atoms with Crippen molar-refractivity contribution < 1.29 is 13.9 Å². The summed E-state index contributed by atoms with van der Waals surface area (Å²) in [7, 11) is 1.63. The zero-order valence-electron chi connectivity index (χ0n) is 13.4. The molecule has 1 heterocycles. The molecule has 0 aliphatic carbocycles. The van der Waals surface area contributed by atoms with Gasteiger partial charge >= 0.3 is 0 Å². The molecule has 0 spiro atoms. The summed E-state index contributed by atoms with van der Waals surface area (Å²) in [5.41, 5.74) is 1.63. The lowest BCUT2D eigenvalue weighted by atomic mass is 9.96. The molecular weight excluding hydrogens is 369 g/mol. The van der Waals surface area contributed by atoms with E-state index in [4.69, 9.17) is 23.2 Å². The average Bonchev–Trinajstić information content (AvgIpc) is 2.81. The highest BCUT2D eigenvalue weighted by Gasteiger charge is 2.27.